The predicted molar refractivity (Wildman–Crippen MR) is 77.8 cm³/mol. The van der Waals surface area contributed by atoms with Gasteiger partial charge in [-0.1, -0.05) is 11.6 Å². The zero-order chi connectivity index (χ0) is 16.5. The van der Waals surface area contributed by atoms with Crippen molar-refractivity contribution in [2.75, 3.05) is 4.72 Å². The lowest BCUT2D eigenvalue weighted by Gasteiger charge is -2.11. The maximum absolute atomic E-state index is 13.1. The summed E-state index contributed by atoms with van der Waals surface area (Å²) in [7, 11) is -4.13. The summed E-state index contributed by atoms with van der Waals surface area (Å²) in [5, 5.41) is 10.7. The first-order valence-corrected chi connectivity index (χ1v) is 7.65. The van der Waals surface area contributed by atoms with Crippen LogP contribution in [0, 0.1) is 22.9 Å². The van der Waals surface area contributed by atoms with Gasteiger partial charge in [-0.25, -0.2) is 12.8 Å². The number of rotatable bonds is 4. The monoisotopic (exact) mass is 345 g/mol. The topological polar surface area (TPSA) is 102 Å². The third-order valence-electron chi connectivity index (χ3n) is 2.72. The fraction of sp³-hybridized carbons (Fsp3) is 0.0833. The number of nitrogens with zero attached hydrogens (tertiary/aromatic N) is 2. The van der Waals surface area contributed by atoms with E-state index in [0.29, 0.717) is 5.56 Å². The van der Waals surface area contributed by atoms with Crippen LogP contribution in [0.15, 0.2) is 35.5 Å². The molecule has 116 valence electrons. The summed E-state index contributed by atoms with van der Waals surface area (Å²) in [4.78, 5) is 13.2. The molecule has 1 aromatic carbocycles. The van der Waals surface area contributed by atoms with Gasteiger partial charge in [-0.05, 0) is 24.6 Å². The molecule has 0 fully saturated rings. The van der Waals surface area contributed by atoms with E-state index >= 15 is 0 Å². The van der Waals surface area contributed by atoms with E-state index in [1.807, 2.05) is 0 Å². The standard InChI is InChI=1S/C12H9ClFN3O4S/c1-7-2-10(13)12(17(18)19)4-11(7)16-22(20,21)9-3-8(14)5-15-6-9/h2-6,16H,1H3. The molecule has 2 rings (SSSR count). The largest absolute Gasteiger partial charge is 0.289 e. The molecule has 0 spiro atoms. The van der Waals surface area contributed by atoms with Crippen LogP contribution in [0.1, 0.15) is 5.56 Å². The van der Waals surface area contributed by atoms with Crippen molar-refractivity contribution < 1.29 is 17.7 Å². The smallest absolute Gasteiger partial charge is 0.279 e. The van der Waals surface area contributed by atoms with Gasteiger partial charge in [0.1, 0.15) is 15.7 Å². The summed E-state index contributed by atoms with van der Waals surface area (Å²) < 4.78 is 39.5. The normalized spacial score (nSPS) is 11.2. The number of nitrogens with one attached hydrogen (secondary N) is 1. The van der Waals surface area contributed by atoms with Crippen molar-refractivity contribution >= 4 is 33.0 Å². The number of aromatic nitrogens is 1. The SMILES string of the molecule is Cc1cc(Cl)c([N+](=O)[O-])cc1NS(=O)(=O)c1cncc(F)c1. The minimum atomic E-state index is -4.13. The molecule has 10 heteroatoms. The van der Waals surface area contributed by atoms with Crippen LogP contribution >= 0.6 is 11.6 Å². The molecule has 0 amide bonds. The van der Waals surface area contributed by atoms with E-state index in [0.717, 1.165) is 24.5 Å². The van der Waals surface area contributed by atoms with Crippen molar-refractivity contribution in [2.24, 2.45) is 0 Å². The molecule has 22 heavy (non-hydrogen) atoms. The second-order valence-corrected chi connectivity index (χ2v) is 6.41. The summed E-state index contributed by atoms with van der Waals surface area (Å²) in [6, 6.07) is 3.05. The molecule has 0 radical (unpaired) electrons. The van der Waals surface area contributed by atoms with Crippen LogP contribution in [0.3, 0.4) is 0 Å². The number of benzene rings is 1. The van der Waals surface area contributed by atoms with Crippen LogP contribution in [-0.4, -0.2) is 18.3 Å². The maximum Gasteiger partial charge on any atom is 0.289 e. The van der Waals surface area contributed by atoms with Gasteiger partial charge in [0, 0.05) is 12.3 Å². The van der Waals surface area contributed by atoms with E-state index in [-0.39, 0.29) is 10.7 Å². The number of sulfonamides is 1. The van der Waals surface area contributed by atoms with Crippen LogP contribution in [0.25, 0.3) is 0 Å². The van der Waals surface area contributed by atoms with Crippen molar-refractivity contribution in [2.45, 2.75) is 11.8 Å². The Kier molecular flexibility index (Phi) is 4.29. The minimum Gasteiger partial charge on any atom is -0.279 e. The van der Waals surface area contributed by atoms with Crippen LogP contribution in [0.5, 0.6) is 0 Å². The maximum atomic E-state index is 13.1. The molecule has 0 aliphatic heterocycles. The van der Waals surface area contributed by atoms with Gasteiger partial charge in [0.25, 0.3) is 15.7 Å². The number of nitro benzene ring substituents is 1. The van der Waals surface area contributed by atoms with Gasteiger partial charge in [0.15, 0.2) is 0 Å². The highest BCUT2D eigenvalue weighted by molar-refractivity contribution is 7.92. The minimum absolute atomic E-state index is 0.0274. The second-order valence-electron chi connectivity index (χ2n) is 4.32. The van der Waals surface area contributed by atoms with E-state index in [9.17, 15) is 22.9 Å². The van der Waals surface area contributed by atoms with Crippen LogP contribution in [-0.2, 0) is 10.0 Å². The van der Waals surface area contributed by atoms with Crippen molar-refractivity contribution in [3.8, 4) is 0 Å². The van der Waals surface area contributed by atoms with E-state index in [1.165, 1.54) is 13.0 Å². The summed E-state index contributed by atoms with van der Waals surface area (Å²) in [5.74, 6) is -0.818. The number of pyridine rings is 1. The number of aryl methyl sites for hydroxylation is 1. The molecule has 0 atom stereocenters. The number of hydrogen-bond acceptors (Lipinski definition) is 5. The van der Waals surface area contributed by atoms with Crippen molar-refractivity contribution in [3.05, 3.63) is 57.1 Å². The zero-order valence-electron chi connectivity index (χ0n) is 11.1. The summed E-state index contributed by atoms with van der Waals surface area (Å²) in [6.45, 7) is 1.53. The van der Waals surface area contributed by atoms with Crippen molar-refractivity contribution in [1.29, 1.82) is 0 Å². The van der Waals surface area contributed by atoms with Crippen LogP contribution in [0.2, 0.25) is 5.02 Å². The lowest BCUT2D eigenvalue weighted by atomic mass is 10.2. The number of hydrogen-bond donors (Lipinski definition) is 1. The molecule has 1 aromatic heterocycles. The molecule has 7 nitrogen and oxygen atoms in total. The Morgan fingerprint density at radius 1 is 1.32 bits per heavy atom. The molecule has 0 saturated heterocycles. The summed E-state index contributed by atoms with van der Waals surface area (Å²) in [6.07, 6.45) is 1.82. The Morgan fingerprint density at radius 2 is 2.00 bits per heavy atom. The quantitative estimate of drug-likeness (QED) is 0.678. The Hall–Kier alpha value is -2.26. The molecular weight excluding hydrogens is 337 g/mol. The van der Waals surface area contributed by atoms with Gasteiger partial charge < -0.3 is 0 Å². The average Bonchev–Trinajstić information content (AvgIpc) is 2.41. The average molecular weight is 346 g/mol. The van der Waals surface area contributed by atoms with Gasteiger partial charge in [-0.3, -0.25) is 19.8 Å². The van der Waals surface area contributed by atoms with Crippen molar-refractivity contribution in [3.63, 3.8) is 0 Å². The molecule has 0 saturated carbocycles. The highest BCUT2D eigenvalue weighted by atomic mass is 35.5. The summed E-state index contributed by atoms with van der Waals surface area (Å²) >= 11 is 5.73. The molecular formula is C12H9ClFN3O4S. The van der Waals surface area contributed by atoms with Crippen LogP contribution < -0.4 is 4.72 Å². The number of anilines is 1. The Morgan fingerprint density at radius 3 is 2.59 bits per heavy atom. The Labute approximate surface area is 130 Å². The van der Waals surface area contributed by atoms with Gasteiger partial charge in [0.05, 0.1) is 16.8 Å². The first-order valence-electron chi connectivity index (χ1n) is 5.78. The van der Waals surface area contributed by atoms with E-state index in [2.05, 4.69) is 9.71 Å². The Balaban J connectivity index is 2.46. The molecule has 0 aliphatic rings. The van der Waals surface area contributed by atoms with Crippen molar-refractivity contribution in [1.82, 2.24) is 4.98 Å². The van der Waals surface area contributed by atoms with Gasteiger partial charge >= 0.3 is 0 Å². The highest BCUT2D eigenvalue weighted by Crippen LogP contribution is 2.31. The van der Waals surface area contributed by atoms with Crippen LogP contribution in [0.4, 0.5) is 15.8 Å². The van der Waals surface area contributed by atoms with E-state index in [4.69, 9.17) is 11.6 Å². The molecule has 0 bridgehead atoms. The highest BCUT2D eigenvalue weighted by Gasteiger charge is 2.20. The molecule has 0 aliphatic carbocycles. The number of nitro groups is 1. The zero-order valence-corrected chi connectivity index (χ0v) is 12.7. The van der Waals surface area contributed by atoms with E-state index < -0.39 is 31.3 Å². The number of halogens is 2. The summed E-state index contributed by atoms with van der Waals surface area (Å²) in [5.41, 5.74) is -0.0915. The molecule has 1 heterocycles. The molecule has 1 N–H and O–H groups in total. The first-order chi connectivity index (χ1) is 10.2. The van der Waals surface area contributed by atoms with Gasteiger partial charge in [-0.15, -0.1) is 0 Å². The lowest BCUT2D eigenvalue weighted by molar-refractivity contribution is -0.384. The van der Waals surface area contributed by atoms with Gasteiger partial charge in [-0.2, -0.15) is 0 Å². The fourth-order valence-electron chi connectivity index (χ4n) is 1.65. The Bertz CT molecular complexity index is 857. The fourth-order valence-corrected chi connectivity index (χ4v) is 3.04. The first kappa shape index (κ1) is 16.1. The molecule has 0 unspecified atom stereocenters. The third-order valence-corrected chi connectivity index (χ3v) is 4.36. The lowest BCUT2D eigenvalue weighted by Crippen LogP contribution is -2.14. The molecule has 2 aromatic rings. The second kappa shape index (κ2) is 5.85. The third kappa shape index (κ3) is 3.31. The van der Waals surface area contributed by atoms with E-state index in [1.54, 1.807) is 0 Å². The predicted octanol–water partition coefficient (Wildman–Crippen LogP) is 2.89. The van der Waals surface area contributed by atoms with Gasteiger partial charge in [0.2, 0.25) is 0 Å².